The number of benzene rings is 1. The molecule has 2 aromatic rings. The Bertz CT molecular complexity index is 502. The average Bonchev–Trinajstić information content (AvgIpc) is 2.59. The number of aromatic nitrogens is 2. The second-order valence-corrected chi connectivity index (χ2v) is 3.75. The van der Waals surface area contributed by atoms with E-state index in [1.54, 1.807) is 22.9 Å². The number of hydrogen-bond acceptors (Lipinski definition) is 3. The highest BCUT2D eigenvalue weighted by Crippen LogP contribution is 2.20. The summed E-state index contributed by atoms with van der Waals surface area (Å²) in [5.41, 5.74) is 7.19. The third-order valence-corrected chi connectivity index (χ3v) is 2.56. The van der Waals surface area contributed by atoms with Crippen molar-refractivity contribution in [1.82, 2.24) is 9.55 Å². The molecule has 0 fully saturated rings. The lowest BCUT2D eigenvalue weighted by atomic mass is 10.2. The number of hydrogen-bond donors (Lipinski definition) is 1. The first-order chi connectivity index (χ1) is 7.22. The van der Waals surface area contributed by atoms with Gasteiger partial charge in [0.05, 0.1) is 17.8 Å². The van der Waals surface area contributed by atoms with Gasteiger partial charge in [-0.1, -0.05) is 0 Å². The lowest BCUT2D eigenvalue weighted by molar-refractivity contribution is 1.05. The molecule has 0 unspecified atom stereocenters. The number of halogens is 1. The van der Waals surface area contributed by atoms with Crippen molar-refractivity contribution in [2.75, 3.05) is 5.73 Å². The summed E-state index contributed by atoms with van der Waals surface area (Å²) in [6.45, 7) is 0. The number of rotatable bonds is 1. The molecule has 0 bridgehead atoms. The van der Waals surface area contributed by atoms with Crippen LogP contribution in [-0.4, -0.2) is 9.55 Å². The molecule has 0 aliphatic rings. The number of anilines is 1. The van der Waals surface area contributed by atoms with Crippen LogP contribution in [0.3, 0.4) is 0 Å². The minimum absolute atomic E-state index is 0.409. The van der Waals surface area contributed by atoms with Gasteiger partial charge in [0.25, 0.3) is 0 Å². The lowest BCUT2D eigenvalue weighted by Crippen LogP contribution is -2.00. The van der Waals surface area contributed by atoms with Crippen LogP contribution in [0.4, 0.5) is 5.95 Å². The summed E-state index contributed by atoms with van der Waals surface area (Å²) in [5, 5.41) is 8.67. The maximum Gasteiger partial charge on any atom is 0.205 e. The zero-order valence-electron chi connectivity index (χ0n) is 7.68. The van der Waals surface area contributed by atoms with Crippen molar-refractivity contribution in [2.45, 2.75) is 0 Å². The highest BCUT2D eigenvalue weighted by Gasteiger charge is 2.06. The summed E-state index contributed by atoms with van der Waals surface area (Å²) in [7, 11) is 0. The van der Waals surface area contributed by atoms with E-state index >= 15 is 0 Å². The van der Waals surface area contributed by atoms with Crippen molar-refractivity contribution in [2.24, 2.45) is 0 Å². The van der Waals surface area contributed by atoms with E-state index in [0.717, 1.165) is 10.3 Å². The summed E-state index contributed by atoms with van der Waals surface area (Å²) >= 11 is 3.34. The molecule has 0 aliphatic carbocycles. The van der Waals surface area contributed by atoms with E-state index < -0.39 is 0 Å². The van der Waals surface area contributed by atoms with Gasteiger partial charge in [-0.3, -0.25) is 4.57 Å². The van der Waals surface area contributed by atoms with Crippen LogP contribution in [0.25, 0.3) is 5.69 Å². The number of imidazole rings is 1. The molecule has 0 amide bonds. The molecule has 0 atom stereocenters. The van der Waals surface area contributed by atoms with Crippen molar-refractivity contribution in [3.8, 4) is 11.8 Å². The second-order valence-electron chi connectivity index (χ2n) is 2.93. The van der Waals surface area contributed by atoms with Crippen LogP contribution < -0.4 is 5.73 Å². The highest BCUT2D eigenvalue weighted by atomic mass is 79.9. The van der Waals surface area contributed by atoms with Gasteiger partial charge in [0, 0.05) is 5.69 Å². The van der Waals surface area contributed by atoms with Gasteiger partial charge in [-0.2, -0.15) is 5.26 Å². The fourth-order valence-electron chi connectivity index (χ4n) is 1.28. The molecule has 0 radical (unpaired) electrons. The van der Waals surface area contributed by atoms with E-state index in [9.17, 15) is 0 Å². The Balaban J connectivity index is 2.51. The molecule has 1 heterocycles. The monoisotopic (exact) mass is 262 g/mol. The summed E-state index contributed by atoms with van der Waals surface area (Å²) in [5.74, 6) is 0.409. The molecule has 4 nitrogen and oxygen atoms in total. The van der Waals surface area contributed by atoms with E-state index in [-0.39, 0.29) is 0 Å². The van der Waals surface area contributed by atoms with Crippen molar-refractivity contribution in [3.05, 3.63) is 40.6 Å². The maximum absolute atomic E-state index is 8.67. The first-order valence-electron chi connectivity index (χ1n) is 4.21. The van der Waals surface area contributed by atoms with Gasteiger partial charge in [0.15, 0.2) is 0 Å². The van der Waals surface area contributed by atoms with Crippen molar-refractivity contribution in [3.63, 3.8) is 0 Å². The summed E-state index contributed by atoms with van der Waals surface area (Å²) in [4.78, 5) is 3.96. The Hall–Kier alpha value is -1.80. The van der Waals surface area contributed by atoms with Crippen LogP contribution >= 0.6 is 15.9 Å². The van der Waals surface area contributed by atoms with E-state index in [0.29, 0.717) is 11.5 Å². The zero-order chi connectivity index (χ0) is 10.8. The largest absolute Gasteiger partial charge is 0.369 e. The molecule has 0 spiro atoms. The molecular weight excluding hydrogens is 256 g/mol. The SMILES string of the molecule is N#Cc1ccc(-n2c(Br)cnc2N)cc1. The number of nitrogens with zero attached hydrogens (tertiary/aromatic N) is 3. The van der Waals surface area contributed by atoms with Crippen LogP contribution in [-0.2, 0) is 0 Å². The van der Waals surface area contributed by atoms with E-state index in [1.807, 2.05) is 12.1 Å². The molecule has 2 N–H and O–H groups in total. The van der Waals surface area contributed by atoms with Crippen molar-refractivity contribution >= 4 is 21.9 Å². The molecule has 74 valence electrons. The molecule has 0 saturated carbocycles. The van der Waals surface area contributed by atoms with Gasteiger partial charge in [0.1, 0.15) is 4.60 Å². The molecule has 1 aromatic heterocycles. The van der Waals surface area contributed by atoms with Crippen LogP contribution in [0, 0.1) is 11.3 Å². The smallest absolute Gasteiger partial charge is 0.205 e. The van der Waals surface area contributed by atoms with Crippen molar-refractivity contribution < 1.29 is 0 Å². The average molecular weight is 263 g/mol. The third-order valence-electron chi connectivity index (χ3n) is 2.00. The fraction of sp³-hybridized carbons (Fsp3) is 0. The first kappa shape index (κ1) is 9.74. The predicted molar refractivity (Wildman–Crippen MR) is 60.4 cm³/mol. The maximum atomic E-state index is 8.67. The van der Waals surface area contributed by atoms with E-state index in [2.05, 4.69) is 27.0 Å². The first-order valence-corrected chi connectivity index (χ1v) is 5.01. The van der Waals surface area contributed by atoms with Crippen LogP contribution in [0.2, 0.25) is 0 Å². The Kier molecular flexibility index (Phi) is 2.44. The minimum Gasteiger partial charge on any atom is -0.369 e. The van der Waals surface area contributed by atoms with Gasteiger partial charge in [-0.15, -0.1) is 0 Å². The Morgan fingerprint density at radius 3 is 2.47 bits per heavy atom. The molecular formula is C10H7BrN4. The quantitative estimate of drug-likeness (QED) is 0.856. The third kappa shape index (κ3) is 1.72. The van der Waals surface area contributed by atoms with Crippen LogP contribution in [0.15, 0.2) is 35.1 Å². The summed E-state index contributed by atoms with van der Waals surface area (Å²) < 4.78 is 2.53. The topological polar surface area (TPSA) is 67.6 Å². The normalized spacial score (nSPS) is 9.87. The second kappa shape index (κ2) is 3.75. The van der Waals surface area contributed by atoms with Crippen molar-refractivity contribution in [1.29, 1.82) is 5.26 Å². The fourth-order valence-corrected chi connectivity index (χ4v) is 1.77. The van der Waals surface area contributed by atoms with E-state index in [1.165, 1.54) is 0 Å². The standard InChI is InChI=1S/C10H7BrN4/c11-9-6-14-10(13)15(9)8-3-1-7(5-12)2-4-8/h1-4,6H,(H2,13,14). The Morgan fingerprint density at radius 1 is 1.33 bits per heavy atom. The molecule has 0 aliphatic heterocycles. The van der Waals surface area contributed by atoms with E-state index in [4.69, 9.17) is 11.0 Å². The minimum atomic E-state index is 0.409. The van der Waals surface area contributed by atoms with Crippen LogP contribution in [0.1, 0.15) is 5.56 Å². The van der Waals surface area contributed by atoms with Gasteiger partial charge in [0.2, 0.25) is 5.95 Å². The lowest BCUT2D eigenvalue weighted by Gasteiger charge is -2.05. The number of nitrogen functional groups attached to an aromatic ring is 1. The van der Waals surface area contributed by atoms with Gasteiger partial charge < -0.3 is 5.73 Å². The molecule has 15 heavy (non-hydrogen) atoms. The molecule has 5 heteroatoms. The zero-order valence-corrected chi connectivity index (χ0v) is 9.27. The summed E-state index contributed by atoms with van der Waals surface area (Å²) in [6.07, 6.45) is 1.63. The number of nitrogens with two attached hydrogens (primary N) is 1. The summed E-state index contributed by atoms with van der Waals surface area (Å²) in [6, 6.07) is 9.18. The van der Waals surface area contributed by atoms with Gasteiger partial charge in [-0.05, 0) is 40.2 Å². The van der Waals surface area contributed by atoms with Crippen LogP contribution in [0.5, 0.6) is 0 Å². The van der Waals surface area contributed by atoms with Gasteiger partial charge >= 0.3 is 0 Å². The molecule has 0 saturated heterocycles. The molecule has 1 aromatic carbocycles. The van der Waals surface area contributed by atoms with Gasteiger partial charge in [-0.25, -0.2) is 4.98 Å². The Morgan fingerprint density at radius 2 is 2.00 bits per heavy atom. The number of nitriles is 1. The Labute approximate surface area is 95.1 Å². The highest BCUT2D eigenvalue weighted by molar-refractivity contribution is 9.10. The predicted octanol–water partition coefficient (Wildman–Crippen LogP) is 2.09. The molecule has 2 rings (SSSR count).